The molecule has 3 nitrogen and oxygen atoms in total. The number of nitrogens with one attached hydrogen (secondary N) is 2. The van der Waals surface area contributed by atoms with Crippen LogP contribution in [0.1, 0.15) is 5.56 Å². The van der Waals surface area contributed by atoms with Gasteiger partial charge in [0, 0.05) is 25.7 Å². The lowest BCUT2D eigenvalue weighted by Crippen LogP contribution is -2.38. The van der Waals surface area contributed by atoms with Gasteiger partial charge < -0.3 is 10.6 Å². The van der Waals surface area contributed by atoms with E-state index >= 15 is 0 Å². The lowest BCUT2D eigenvalue weighted by atomic mass is 10.1. The smallest absolute Gasteiger partial charge is 0.191 e. The molecule has 0 heterocycles. The largest absolute Gasteiger partial charge is 0.356 e. The van der Waals surface area contributed by atoms with Crippen molar-refractivity contribution in [1.82, 2.24) is 10.6 Å². The van der Waals surface area contributed by atoms with Crippen LogP contribution in [0.3, 0.4) is 0 Å². The molecule has 98 valence electrons. The summed E-state index contributed by atoms with van der Waals surface area (Å²) in [5.41, 5.74) is 0.0872. The highest BCUT2D eigenvalue weighted by Gasteiger charge is 2.07. The summed E-state index contributed by atoms with van der Waals surface area (Å²) in [5.74, 6) is -0.469. The van der Waals surface area contributed by atoms with Gasteiger partial charge in [-0.05, 0) is 18.6 Å². The maximum atomic E-state index is 13.3. The number of rotatable bonds is 5. The van der Waals surface area contributed by atoms with E-state index in [1.54, 1.807) is 13.1 Å². The van der Waals surface area contributed by atoms with Crippen molar-refractivity contribution in [2.45, 2.75) is 6.42 Å². The highest BCUT2D eigenvalue weighted by Crippen LogP contribution is 2.11. The summed E-state index contributed by atoms with van der Waals surface area (Å²) in [5, 5.41) is 5.93. The minimum absolute atomic E-state index is 0.0872. The van der Waals surface area contributed by atoms with Crippen molar-refractivity contribution >= 4 is 5.96 Å². The van der Waals surface area contributed by atoms with Crippen LogP contribution >= 0.6 is 0 Å². The fourth-order valence-corrected chi connectivity index (χ4v) is 1.47. The molecule has 1 aromatic carbocycles. The second-order valence-corrected chi connectivity index (χ2v) is 3.62. The van der Waals surface area contributed by atoms with Gasteiger partial charge in [0.2, 0.25) is 0 Å². The standard InChI is InChI=1S/C13H17F2N3/c1-3-8-17-13(16-2)18-9-7-10-11(14)5-4-6-12(10)15/h3-6H,1,7-9H2,2H3,(H2,16,17,18). The zero-order valence-electron chi connectivity index (χ0n) is 10.3. The van der Waals surface area contributed by atoms with Crippen molar-refractivity contribution < 1.29 is 8.78 Å². The monoisotopic (exact) mass is 253 g/mol. The molecule has 0 saturated carbocycles. The number of aliphatic imine (C=N–C) groups is 1. The highest BCUT2D eigenvalue weighted by atomic mass is 19.1. The van der Waals surface area contributed by atoms with Crippen LogP contribution in [0.4, 0.5) is 8.78 Å². The van der Waals surface area contributed by atoms with Gasteiger partial charge in [0.05, 0.1) is 0 Å². The van der Waals surface area contributed by atoms with Crippen LogP contribution in [0.2, 0.25) is 0 Å². The van der Waals surface area contributed by atoms with Crippen LogP contribution in [0.5, 0.6) is 0 Å². The van der Waals surface area contributed by atoms with Crippen molar-refractivity contribution in [3.8, 4) is 0 Å². The molecule has 2 N–H and O–H groups in total. The predicted octanol–water partition coefficient (Wildman–Crippen LogP) is 1.86. The normalized spacial score (nSPS) is 11.2. The second kappa shape index (κ2) is 7.42. The van der Waals surface area contributed by atoms with E-state index in [-0.39, 0.29) is 12.0 Å². The second-order valence-electron chi connectivity index (χ2n) is 3.62. The van der Waals surface area contributed by atoms with Crippen LogP contribution in [-0.4, -0.2) is 26.1 Å². The van der Waals surface area contributed by atoms with Crippen molar-refractivity contribution in [2.75, 3.05) is 20.1 Å². The Morgan fingerprint density at radius 2 is 2.00 bits per heavy atom. The highest BCUT2D eigenvalue weighted by molar-refractivity contribution is 5.79. The van der Waals surface area contributed by atoms with Crippen molar-refractivity contribution in [2.24, 2.45) is 4.99 Å². The molecule has 0 aliphatic heterocycles. The molecule has 1 aromatic rings. The number of benzene rings is 1. The lowest BCUT2D eigenvalue weighted by Gasteiger charge is -2.11. The summed E-state index contributed by atoms with van der Waals surface area (Å²) >= 11 is 0. The van der Waals surface area contributed by atoms with Gasteiger partial charge in [-0.15, -0.1) is 6.58 Å². The third-order valence-electron chi connectivity index (χ3n) is 2.37. The molecule has 0 radical (unpaired) electrons. The Balaban J connectivity index is 2.48. The Morgan fingerprint density at radius 1 is 1.33 bits per heavy atom. The van der Waals surface area contributed by atoms with Crippen LogP contribution in [0, 0.1) is 11.6 Å². The first kappa shape index (κ1) is 14.2. The molecule has 0 spiro atoms. The lowest BCUT2D eigenvalue weighted by molar-refractivity contribution is 0.553. The Labute approximate surface area is 106 Å². The van der Waals surface area contributed by atoms with E-state index in [1.807, 2.05) is 0 Å². The quantitative estimate of drug-likeness (QED) is 0.477. The topological polar surface area (TPSA) is 36.4 Å². The van der Waals surface area contributed by atoms with Gasteiger partial charge >= 0.3 is 0 Å². The van der Waals surface area contributed by atoms with Gasteiger partial charge in [-0.2, -0.15) is 0 Å². The molecule has 0 unspecified atom stereocenters. The molecule has 0 amide bonds. The Morgan fingerprint density at radius 3 is 2.56 bits per heavy atom. The molecule has 0 fully saturated rings. The first-order chi connectivity index (χ1) is 8.69. The van der Waals surface area contributed by atoms with E-state index in [9.17, 15) is 8.78 Å². The number of halogens is 2. The molecule has 5 heteroatoms. The van der Waals surface area contributed by atoms with Gasteiger partial charge in [-0.25, -0.2) is 8.78 Å². The minimum Gasteiger partial charge on any atom is -0.356 e. The van der Waals surface area contributed by atoms with Gasteiger partial charge in [-0.3, -0.25) is 4.99 Å². The zero-order valence-corrected chi connectivity index (χ0v) is 10.3. The van der Waals surface area contributed by atoms with Gasteiger partial charge in [0.15, 0.2) is 5.96 Å². The number of guanidine groups is 1. The van der Waals surface area contributed by atoms with E-state index in [4.69, 9.17) is 0 Å². The van der Waals surface area contributed by atoms with Crippen molar-refractivity contribution in [1.29, 1.82) is 0 Å². The Kier molecular flexibility index (Phi) is 5.84. The molecule has 1 rings (SSSR count). The number of hydrogen-bond donors (Lipinski definition) is 2. The minimum atomic E-state index is -0.522. The third kappa shape index (κ3) is 4.16. The average Bonchev–Trinajstić information content (AvgIpc) is 2.36. The van der Waals surface area contributed by atoms with Crippen LogP contribution in [-0.2, 0) is 6.42 Å². The summed E-state index contributed by atoms with van der Waals surface area (Å²) in [6.45, 7) is 4.55. The van der Waals surface area contributed by atoms with Gasteiger partial charge in [0.25, 0.3) is 0 Å². The third-order valence-corrected chi connectivity index (χ3v) is 2.37. The fraction of sp³-hybridized carbons (Fsp3) is 0.308. The van der Waals surface area contributed by atoms with Gasteiger partial charge in [0.1, 0.15) is 11.6 Å². The van der Waals surface area contributed by atoms with Crippen LogP contribution in [0.15, 0.2) is 35.8 Å². The van der Waals surface area contributed by atoms with Crippen LogP contribution in [0.25, 0.3) is 0 Å². The molecule has 0 aliphatic carbocycles. The summed E-state index contributed by atoms with van der Waals surface area (Å²) < 4.78 is 26.7. The SMILES string of the molecule is C=CCNC(=NC)NCCc1c(F)cccc1F. The fourth-order valence-electron chi connectivity index (χ4n) is 1.47. The maximum Gasteiger partial charge on any atom is 0.191 e. The molecular formula is C13H17F2N3. The summed E-state index contributed by atoms with van der Waals surface area (Å²) in [7, 11) is 1.63. The molecule has 0 aliphatic rings. The first-order valence-corrected chi connectivity index (χ1v) is 5.67. The molecule has 0 aromatic heterocycles. The van der Waals surface area contributed by atoms with E-state index in [1.165, 1.54) is 18.2 Å². The average molecular weight is 253 g/mol. The summed E-state index contributed by atoms with van der Waals surface area (Å²) in [6.07, 6.45) is 1.96. The Hall–Kier alpha value is -1.91. The van der Waals surface area contributed by atoms with Crippen molar-refractivity contribution in [3.05, 3.63) is 48.1 Å². The first-order valence-electron chi connectivity index (χ1n) is 5.67. The number of hydrogen-bond acceptors (Lipinski definition) is 1. The number of nitrogens with zero attached hydrogens (tertiary/aromatic N) is 1. The van der Waals surface area contributed by atoms with E-state index < -0.39 is 11.6 Å². The maximum absolute atomic E-state index is 13.3. The van der Waals surface area contributed by atoms with Crippen LogP contribution < -0.4 is 10.6 Å². The van der Waals surface area contributed by atoms with E-state index in [0.29, 0.717) is 19.0 Å². The van der Waals surface area contributed by atoms with E-state index in [0.717, 1.165) is 0 Å². The van der Waals surface area contributed by atoms with E-state index in [2.05, 4.69) is 22.2 Å². The Bertz CT molecular complexity index is 410. The summed E-state index contributed by atoms with van der Waals surface area (Å²) in [6, 6.07) is 3.86. The molecular weight excluding hydrogens is 236 g/mol. The molecule has 0 atom stereocenters. The van der Waals surface area contributed by atoms with Crippen molar-refractivity contribution in [3.63, 3.8) is 0 Å². The zero-order chi connectivity index (χ0) is 13.4. The molecule has 18 heavy (non-hydrogen) atoms. The van der Waals surface area contributed by atoms with Gasteiger partial charge in [-0.1, -0.05) is 12.1 Å². The molecule has 0 bridgehead atoms. The predicted molar refractivity (Wildman–Crippen MR) is 69.6 cm³/mol. The molecule has 0 saturated heterocycles. The summed E-state index contributed by atoms with van der Waals surface area (Å²) in [4.78, 5) is 3.96.